The number of ether oxygens (including phenoxy) is 1. The van der Waals surface area contributed by atoms with Crippen LogP contribution in [-0.2, 0) is 7.05 Å². The monoisotopic (exact) mass is 341 g/mol. The van der Waals surface area contributed by atoms with E-state index in [0.29, 0.717) is 9.32 Å². The van der Waals surface area contributed by atoms with Crippen molar-refractivity contribution in [2.24, 2.45) is 7.05 Å². The third kappa shape index (κ3) is 2.22. The standard InChI is InChI=1S/C13H12INO2/c1-15-8-10(9-6-4-3-5-7-9)12(17-2)11(14)13(15)16/h3-8H,1-2H3. The molecule has 1 aromatic heterocycles. The van der Waals surface area contributed by atoms with E-state index >= 15 is 0 Å². The molecule has 2 rings (SSSR count). The number of hydrogen-bond acceptors (Lipinski definition) is 2. The Bertz CT molecular complexity index is 590. The number of aromatic nitrogens is 1. The van der Waals surface area contributed by atoms with Crippen LogP contribution in [0.15, 0.2) is 41.3 Å². The van der Waals surface area contributed by atoms with Crippen LogP contribution in [0.2, 0.25) is 0 Å². The van der Waals surface area contributed by atoms with E-state index in [1.54, 1.807) is 24.9 Å². The van der Waals surface area contributed by atoms with Crippen LogP contribution in [0.3, 0.4) is 0 Å². The van der Waals surface area contributed by atoms with Crippen molar-refractivity contribution in [3.8, 4) is 16.9 Å². The second-order valence-electron chi connectivity index (χ2n) is 3.67. The van der Waals surface area contributed by atoms with Crippen molar-refractivity contribution in [1.29, 1.82) is 0 Å². The van der Waals surface area contributed by atoms with Crippen molar-refractivity contribution < 1.29 is 4.74 Å². The number of nitrogens with zero attached hydrogens (tertiary/aromatic N) is 1. The van der Waals surface area contributed by atoms with Gasteiger partial charge in [-0.15, -0.1) is 0 Å². The maximum atomic E-state index is 11.8. The maximum absolute atomic E-state index is 11.8. The Morgan fingerprint density at radius 3 is 2.47 bits per heavy atom. The average molecular weight is 341 g/mol. The molecule has 1 heterocycles. The predicted molar refractivity (Wildman–Crippen MR) is 76.4 cm³/mol. The molecule has 0 saturated heterocycles. The summed E-state index contributed by atoms with van der Waals surface area (Å²) in [4.78, 5) is 11.8. The molecule has 0 amide bonds. The van der Waals surface area contributed by atoms with Gasteiger partial charge in [0.1, 0.15) is 9.32 Å². The molecule has 0 spiro atoms. The lowest BCUT2D eigenvalue weighted by Crippen LogP contribution is -2.20. The van der Waals surface area contributed by atoms with Crippen molar-refractivity contribution in [3.05, 3.63) is 50.5 Å². The van der Waals surface area contributed by atoms with Crippen LogP contribution in [0, 0.1) is 3.57 Å². The summed E-state index contributed by atoms with van der Waals surface area (Å²) in [6.07, 6.45) is 1.80. The third-order valence-electron chi connectivity index (χ3n) is 2.56. The number of pyridine rings is 1. The number of methoxy groups -OCH3 is 1. The predicted octanol–water partition coefficient (Wildman–Crippen LogP) is 2.67. The minimum atomic E-state index is -0.0397. The lowest BCUT2D eigenvalue weighted by molar-refractivity contribution is 0.411. The zero-order valence-electron chi connectivity index (χ0n) is 9.61. The van der Waals surface area contributed by atoms with E-state index in [9.17, 15) is 4.79 Å². The molecule has 4 heteroatoms. The molecule has 2 aromatic rings. The van der Waals surface area contributed by atoms with Crippen LogP contribution in [0.1, 0.15) is 0 Å². The van der Waals surface area contributed by atoms with Crippen molar-refractivity contribution in [1.82, 2.24) is 4.57 Å². The highest BCUT2D eigenvalue weighted by molar-refractivity contribution is 14.1. The van der Waals surface area contributed by atoms with Gasteiger partial charge in [-0.3, -0.25) is 4.79 Å². The first-order valence-electron chi connectivity index (χ1n) is 5.13. The molecule has 0 N–H and O–H groups in total. The zero-order valence-corrected chi connectivity index (χ0v) is 11.8. The van der Waals surface area contributed by atoms with Crippen LogP contribution in [-0.4, -0.2) is 11.7 Å². The summed E-state index contributed by atoms with van der Waals surface area (Å²) in [5, 5.41) is 0. The van der Waals surface area contributed by atoms with Gasteiger partial charge in [-0.2, -0.15) is 0 Å². The second kappa shape index (κ2) is 4.91. The molecule has 17 heavy (non-hydrogen) atoms. The van der Waals surface area contributed by atoms with E-state index in [1.807, 2.05) is 52.9 Å². The fourth-order valence-electron chi connectivity index (χ4n) is 1.70. The van der Waals surface area contributed by atoms with Gasteiger partial charge in [0.15, 0.2) is 0 Å². The van der Waals surface area contributed by atoms with Gasteiger partial charge >= 0.3 is 0 Å². The first kappa shape index (κ1) is 12.2. The Morgan fingerprint density at radius 2 is 1.88 bits per heavy atom. The second-order valence-corrected chi connectivity index (χ2v) is 4.75. The van der Waals surface area contributed by atoms with Crippen LogP contribution in [0.25, 0.3) is 11.1 Å². The van der Waals surface area contributed by atoms with E-state index in [2.05, 4.69) is 0 Å². The van der Waals surface area contributed by atoms with Crippen molar-refractivity contribution in [3.63, 3.8) is 0 Å². The van der Waals surface area contributed by atoms with Crippen LogP contribution in [0.5, 0.6) is 5.75 Å². The summed E-state index contributed by atoms with van der Waals surface area (Å²) in [6.45, 7) is 0. The quantitative estimate of drug-likeness (QED) is 0.787. The molecular weight excluding hydrogens is 329 g/mol. The van der Waals surface area contributed by atoms with Gasteiger partial charge in [0.05, 0.1) is 7.11 Å². The highest BCUT2D eigenvalue weighted by Crippen LogP contribution is 2.31. The van der Waals surface area contributed by atoms with E-state index in [-0.39, 0.29) is 5.56 Å². The topological polar surface area (TPSA) is 31.2 Å². The summed E-state index contributed by atoms with van der Waals surface area (Å²) in [7, 11) is 3.33. The van der Waals surface area contributed by atoms with Gasteiger partial charge in [0.2, 0.25) is 0 Å². The molecule has 0 unspecified atom stereocenters. The third-order valence-corrected chi connectivity index (χ3v) is 3.52. The van der Waals surface area contributed by atoms with Gasteiger partial charge in [0.25, 0.3) is 5.56 Å². The Balaban J connectivity index is 2.74. The fourth-order valence-corrected chi connectivity index (χ4v) is 2.60. The molecule has 0 saturated carbocycles. The summed E-state index contributed by atoms with van der Waals surface area (Å²) < 4.78 is 7.53. The van der Waals surface area contributed by atoms with Crippen molar-refractivity contribution in [2.45, 2.75) is 0 Å². The average Bonchev–Trinajstić information content (AvgIpc) is 2.36. The molecule has 1 aromatic carbocycles. The molecule has 0 aliphatic rings. The van der Waals surface area contributed by atoms with Crippen molar-refractivity contribution in [2.75, 3.05) is 7.11 Å². The molecule has 0 bridgehead atoms. The van der Waals surface area contributed by atoms with Gasteiger partial charge < -0.3 is 9.30 Å². The molecule has 88 valence electrons. The van der Waals surface area contributed by atoms with Crippen LogP contribution in [0.4, 0.5) is 0 Å². The number of benzene rings is 1. The van der Waals surface area contributed by atoms with Gasteiger partial charge in [0, 0.05) is 18.8 Å². The Kier molecular flexibility index (Phi) is 3.51. The molecule has 0 aliphatic heterocycles. The number of rotatable bonds is 2. The molecule has 0 atom stereocenters. The Labute approximate surface area is 113 Å². The zero-order chi connectivity index (χ0) is 12.4. The van der Waals surface area contributed by atoms with Gasteiger partial charge in [-0.25, -0.2) is 0 Å². The largest absolute Gasteiger partial charge is 0.495 e. The highest BCUT2D eigenvalue weighted by Gasteiger charge is 2.14. The van der Waals surface area contributed by atoms with Gasteiger partial charge in [-0.1, -0.05) is 30.3 Å². The number of halogens is 1. The van der Waals surface area contributed by atoms with E-state index in [0.717, 1.165) is 11.1 Å². The Hall–Kier alpha value is -1.30. The first-order chi connectivity index (χ1) is 8.15. The van der Waals surface area contributed by atoms with Crippen LogP contribution >= 0.6 is 22.6 Å². The van der Waals surface area contributed by atoms with E-state index in [4.69, 9.17) is 4.74 Å². The summed E-state index contributed by atoms with van der Waals surface area (Å²) in [6, 6.07) is 9.89. The van der Waals surface area contributed by atoms with Crippen LogP contribution < -0.4 is 10.3 Å². The summed E-state index contributed by atoms with van der Waals surface area (Å²) in [5.41, 5.74) is 1.93. The van der Waals surface area contributed by atoms with Crippen molar-refractivity contribution >= 4 is 22.6 Å². The smallest absolute Gasteiger partial charge is 0.267 e. The van der Waals surface area contributed by atoms with E-state index in [1.165, 1.54) is 0 Å². The fraction of sp³-hybridized carbons (Fsp3) is 0.154. The number of hydrogen-bond donors (Lipinski definition) is 0. The summed E-state index contributed by atoms with van der Waals surface area (Å²) >= 11 is 2.02. The molecular formula is C13H12INO2. The molecule has 0 radical (unpaired) electrons. The maximum Gasteiger partial charge on any atom is 0.267 e. The lowest BCUT2D eigenvalue weighted by Gasteiger charge is -2.12. The minimum absolute atomic E-state index is 0.0397. The molecule has 0 aliphatic carbocycles. The van der Waals surface area contributed by atoms with E-state index < -0.39 is 0 Å². The normalized spacial score (nSPS) is 10.3. The Morgan fingerprint density at radius 1 is 1.24 bits per heavy atom. The number of aryl methyl sites for hydroxylation is 1. The van der Waals surface area contributed by atoms with Gasteiger partial charge in [-0.05, 0) is 28.2 Å². The molecule has 3 nitrogen and oxygen atoms in total. The summed E-state index contributed by atoms with van der Waals surface area (Å²) in [5.74, 6) is 0.639. The molecule has 0 fully saturated rings. The SMILES string of the molecule is COc1c(-c2ccccc2)cn(C)c(=O)c1I. The lowest BCUT2D eigenvalue weighted by atomic mass is 10.1. The minimum Gasteiger partial charge on any atom is -0.495 e. The first-order valence-corrected chi connectivity index (χ1v) is 6.21. The highest BCUT2D eigenvalue weighted by atomic mass is 127.